The molecule has 10 heteroatoms. The molecule has 0 radical (unpaired) electrons. The minimum atomic E-state index is -0.895. The first-order valence-electron chi connectivity index (χ1n) is 13.1. The van der Waals surface area contributed by atoms with Crippen molar-refractivity contribution in [1.82, 2.24) is 10.6 Å². The molecule has 39 heavy (non-hydrogen) atoms. The Morgan fingerprint density at radius 3 is 2.41 bits per heavy atom. The standard InChI is InChI=1S/C29H36N4O6/c1-5-18(3)27(32-25(35)14-20-10-8-7-9-11-20)28(37)30-17-26(36)33-23-16-22(31-19(4)34)13-12-21(23)15-24(33)29(38)39-6-2/h7-13,16,18,24,27H,5-6,14-15,17H2,1-4H3,(H,30,37)(H,31,34)(H,32,35)/t18-,24-,27-/m0/s1. The lowest BCUT2D eigenvalue weighted by molar-refractivity contribution is -0.145. The molecule has 3 rings (SSSR count). The molecular weight excluding hydrogens is 500 g/mol. The van der Waals surface area contributed by atoms with E-state index in [1.165, 1.54) is 11.8 Å². The summed E-state index contributed by atoms with van der Waals surface area (Å²) >= 11 is 0. The Hall–Kier alpha value is -4.21. The maximum atomic E-state index is 13.4. The van der Waals surface area contributed by atoms with E-state index in [1.54, 1.807) is 25.1 Å². The molecule has 1 heterocycles. The zero-order chi connectivity index (χ0) is 28.5. The number of amides is 4. The molecule has 0 fully saturated rings. The van der Waals surface area contributed by atoms with Crippen LogP contribution in [0.15, 0.2) is 48.5 Å². The molecule has 0 saturated carbocycles. The van der Waals surface area contributed by atoms with E-state index in [0.717, 1.165) is 11.1 Å². The van der Waals surface area contributed by atoms with E-state index in [9.17, 15) is 24.0 Å². The smallest absolute Gasteiger partial charge is 0.329 e. The highest BCUT2D eigenvalue weighted by Crippen LogP contribution is 2.35. The van der Waals surface area contributed by atoms with E-state index in [-0.39, 0.29) is 43.7 Å². The first-order valence-corrected chi connectivity index (χ1v) is 13.1. The lowest BCUT2D eigenvalue weighted by atomic mass is 9.98. The van der Waals surface area contributed by atoms with Crippen molar-refractivity contribution >= 4 is 41.0 Å². The molecule has 0 spiro atoms. The highest BCUT2D eigenvalue weighted by Gasteiger charge is 2.40. The number of carbonyl (C=O) groups is 5. The Labute approximate surface area is 228 Å². The number of nitrogens with one attached hydrogen (secondary N) is 3. The van der Waals surface area contributed by atoms with Crippen LogP contribution in [0.3, 0.4) is 0 Å². The van der Waals surface area contributed by atoms with E-state index in [1.807, 2.05) is 44.2 Å². The van der Waals surface area contributed by atoms with Crippen molar-refractivity contribution in [3.8, 4) is 0 Å². The third-order valence-electron chi connectivity index (χ3n) is 6.65. The van der Waals surface area contributed by atoms with Gasteiger partial charge in [0.1, 0.15) is 12.1 Å². The quantitative estimate of drug-likeness (QED) is 0.378. The summed E-state index contributed by atoms with van der Waals surface area (Å²) < 4.78 is 5.20. The normalized spacial score (nSPS) is 15.5. The van der Waals surface area contributed by atoms with Gasteiger partial charge in [0.2, 0.25) is 23.6 Å². The van der Waals surface area contributed by atoms with E-state index in [0.29, 0.717) is 17.8 Å². The average Bonchev–Trinajstić information content (AvgIpc) is 3.29. The van der Waals surface area contributed by atoms with Crippen LogP contribution in [0.4, 0.5) is 11.4 Å². The number of rotatable bonds is 11. The third kappa shape index (κ3) is 7.66. The Bertz CT molecular complexity index is 1220. The zero-order valence-corrected chi connectivity index (χ0v) is 22.8. The molecule has 0 bridgehead atoms. The van der Waals surface area contributed by atoms with Gasteiger partial charge in [-0.15, -0.1) is 0 Å². The van der Waals surface area contributed by atoms with Crippen LogP contribution in [0.2, 0.25) is 0 Å². The molecule has 0 aromatic heterocycles. The van der Waals surface area contributed by atoms with Gasteiger partial charge in [0, 0.05) is 19.0 Å². The monoisotopic (exact) mass is 536 g/mol. The van der Waals surface area contributed by atoms with Crippen LogP contribution in [0.1, 0.15) is 45.2 Å². The van der Waals surface area contributed by atoms with Crippen LogP contribution in [-0.2, 0) is 41.6 Å². The van der Waals surface area contributed by atoms with Crippen LogP contribution in [0, 0.1) is 5.92 Å². The lowest BCUT2D eigenvalue weighted by Crippen LogP contribution is -2.53. The highest BCUT2D eigenvalue weighted by atomic mass is 16.5. The van der Waals surface area contributed by atoms with Gasteiger partial charge in [0.15, 0.2) is 0 Å². The Balaban J connectivity index is 1.74. The summed E-state index contributed by atoms with van der Waals surface area (Å²) in [5.74, 6) is -2.31. The van der Waals surface area contributed by atoms with Crippen LogP contribution in [0.25, 0.3) is 0 Å². The minimum Gasteiger partial charge on any atom is -0.464 e. The van der Waals surface area contributed by atoms with Crippen LogP contribution >= 0.6 is 0 Å². The van der Waals surface area contributed by atoms with Gasteiger partial charge in [-0.2, -0.15) is 0 Å². The van der Waals surface area contributed by atoms with Gasteiger partial charge in [0.05, 0.1) is 25.3 Å². The molecular formula is C29H36N4O6. The second-order valence-electron chi connectivity index (χ2n) is 9.57. The average molecular weight is 537 g/mol. The fraction of sp³-hybridized carbons (Fsp3) is 0.414. The topological polar surface area (TPSA) is 134 Å². The number of nitrogens with zero attached hydrogens (tertiary/aromatic N) is 1. The molecule has 10 nitrogen and oxygen atoms in total. The molecule has 4 amide bonds. The van der Waals surface area contributed by atoms with Crippen LogP contribution in [0.5, 0.6) is 0 Å². The third-order valence-corrected chi connectivity index (χ3v) is 6.65. The largest absolute Gasteiger partial charge is 0.464 e. The van der Waals surface area contributed by atoms with E-state index >= 15 is 0 Å². The molecule has 3 N–H and O–H groups in total. The summed E-state index contributed by atoms with van der Waals surface area (Å²) in [6, 6.07) is 12.6. The summed E-state index contributed by atoms with van der Waals surface area (Å²) in [5.41, 5.74) is 2.51. The van der Waals surface area contributed by atoms with E-state index in [2.05, 4.69) is 16.0 Å². The van der Waals surface area contributed by atoms with E-state index < -0.39 is 29.9 Å². The van der Waals surface area contributed by atoms with Gasteiger partial charge >= 0.3 is 5.97 Å². The van der Waals surface area contributed by atoms with Gasteiger partial charge in [-0.3, -0.25) is 24.1 Å². The number of hydrogen-bond donors (Lipinski definition) is 3. The second-order valence-corrected chi connectivity index (χ2v) is 9.57. The number of ether oxygens (including phenoxy) is 1. The molecule has 2 aromatic rings. The summed E-state index contributed by atoms with van der Waals surface area (Å²) in [6.07, 6.45) is 1.01. The van der Waals surface area contributed by atoms with Crippen LogP contribution < -0.4 is 20.9 Å². The number of hydrogen-bond acceptors (Lipinski definition) is 6. The Morgan fingerprint density at radius 2 is 1.77 bits per heavy atom. The zero-order valence-electron chi connectivity index (χ0n) is 22.8. The summed E-state index contributed by atoms with van der Waals surface area (Å²) in [5, 5.41) is 8.13. The van der Waals surface area contributed by atoms with Crippen molar-refractivity contribution in [2.24, 2.45) is 5.92 Å². The molecule has 0 aliphatic carbocycles. The summed E-state index contributed by atoms with van der Waals surface area (Å²) in [4.78, 5) is 64.8. The predicted octanol–water partition coefficient (Wildman–Crippen LogP) is 2.36. The van der Waals surface area contributed by atoms with Crippen molar-refractivity contribution in [2.45, 2.75) is 59.0 Å². The van der Waals surface area contributed by atoms with Crippen molar-refractivity contribution in [3.05, 3.63) is 59.7 Å². The van der Waals surface area contributed by atoms with Crippen molar-refractivity contribution in [3.63, 3.8) is 0 Å². The minimum absolute atomic E-state index is 0.127. The summed E-state index contributed by atoms with van der Waals surface area (Å²) in [7, 11) is 0. The molecule has 0 saturated heterocycles. The number of fused-ring (bicyclic) bond motifs is 1. The second kappa shape index (κ2) is 13.5. The number of benzene rings is 2. The maximum absolute atomic E-state index is 13.4. The highest BCUT2D eigenvalue weighted by molar-refractivity contribution is 6.05. The fourth-order valence-electron chi connectivity index (χ4n) is 4.51. The first kappa shape index (κ1) is 29.3. The lowest BCUT2D eigenvalue weighted by Gasteiger charge is -2.26. The van der Waals surface area contributed by atoms with Crippen LogP contribution in [-0.4, -0.2) is 54.8 Å². The molecule has 3 atom stereocenters. The molecule has 1 aliphatic rings. The van der Waals surface area contributed by atoms with Crippen molar-refractivity contribution in [1.29, 1.82) is 0 Å². The predicted molar refractivity (Wildman–Crippen MR) is 147 cm³/mol. The Morgan fingerprint density at radius 1 is 1.05 bits per heavy atom. The molecule has 0 unspecified atom stereocenters. The number of anilines is 2. The SMILES string of the molecule is CCOC(=O)[C@@H]1Cc2ccc(NC(C)=O)cc2N1C(=O)CNC(=O)[C@@H](NC(=O)Cc1ccccc1)[C@@H](C)CC. The van der Waals surface area contributed by atoms with Gasteiger partial charge in [-0.05, 0) is 36.1 Å². The molecule has 2 aromatic carbocycles. The van der Waals surface area contributed by atoms with Gasteiger partial charge in [-0.1, -0.05) is 56.7 Å². The number of esters is 1. The van der Waals surface area contributed by atoms with E-state index in [4.69, 9.17) is 4.74 Å². The van der Waals surface area contributed by atoms with Crippen molar-refractivity contribution in [2.75, 3.05) is 23.4 Å². The fourth-order valence-corrected chi connectivity index (χ4v) is 4.51. The van der Waals surface area contributed by atoms with Gasteiger partial charge < -0.3 is 20.7 Å². The van der Waals surface area contributed by atoms with Gasteiger partial charge in [0.25, 0.3) is 0 Å². The number of carbonyl (C=O) groups excluding carboxylic acids is 5. The maximum Gasteiger partial charge on any atom is 0.329 e. The molecule has 208 valence electrons. The first-order chi connectivity index (χ1) is 18.6. The Kier molecular flexibility index (Phi) is 10.2. The van der Waals surface area contributed by atoms with Gasteiger partial charge in [-0.25, -0.2) is 4.79 Å². The molecule has 1 aliphatic heterocycles. The summed E-state index contributed by atoms with van der Waals surface area (Å²) in [6.45, 7) is 6.59. The van der Waals surface area contributed by atoms with Crippen molar-refractivity contribution < 1.29 is 28.7 Å².